The van der Waals surface area contributed by atoms with Crippen LogP contribution in [0.15, 0.2) is 42.6 Å². The van der Waals surface area contributed by atoms with Crippen molar-refractivity contribution in [3.8, 4) is 0 Å². The molecule has 0 aliphatic heterocycles. The number of carbonyl (C=O) groups excluding carboxylic acids is 4. The minimum atomic E-state index is -1.27. The average molecular weight is 450 g/mol. The van der Waals surface area contributed by atoms with Gasteiger partial charge in [0, 0.05) is 13.3 Å². The van der Waals surface area contributed by atoms with E-state index in [4.69, 9.17) is 9.47 Å². The second kappa shape index (κ2) is 12.0. The minimum Gasteiger partial charge on any atom is -0.468 e. The Morgan fingerprint density at radius 1 is 0.938 bits per heavy atom. The quantitative estimate of drug-likeness (QED) is 0.338. The highest BCUT2D eigenvalue weighted by Gasteiger charge is 2.35. The van der Waals surface area contributed by atoms with Crippen LogP contribution in [0.5, 0.6) is 0 Å². The highest BCUT2D eigenvalue weighted by atomic mass is 16.6. The second-order valence-electron chi connectivity index (χ2n) is 7.94. The molecule has 1 rings (SSSR count). The molecule has 0 saturated carbocycles. The highest BCUT2D eigenvalue weighted by molar-refractivity contribution is 5.97. The van der Waals surface area contributed by atoms with Gasteiger partial charge in [-0.3, -0.25) is 14.4 Å². The number of methoxy groups -OCH3 is 3. The van der Waals surface area contributed by atoms with E-state index < -0.39 is 47.5 Å². The highest BCUT2D eigenvalue weighted by Crippen LogP contribution is 2.23. The summed E-state index contributed by atoms with van der Waals surface area (Å²) >= 11 is 0. The zero-order valence-corrected chi connectivity index (χ0v) is 19.5. The lowest BCUT2D eigenvalue weighted by molar-refractivity contribution is -0.160. The van der Waals surface area contributed by atoms with Crippen molar-refractivity contribution in [2.24, 2.45) is 11.8 Å². The molecule has 0 aliphatic carbocycles. The molecule has 0 bridgehead atoms. The van der Waals surface area contributed by atoms with Gasteiger partial charge in [0.05, 0.1) is 14.2 Å². The summed E-state index contributed by atoms with van der Waals surface area (Å²) in [5, 5.41) is 0. The van der Waals surface area contributed by atoms with Crippen molar-refractivity contribution in [1.82, 2.24) is 4.90 Å². The number of nitrogens with zero attached hydrogens (tertiary/aromatic N) is 1. The first-order chi connectivity index (χ1) is 15.0. The van der Waals surface area contributed by atoms with E-state index in [0.717, 1.165) is 25.3 Å². The zero-order valence-electron chi connectivity index (χ0n) is 19.5. The summed E-state index contributed by atoms with van der Waals surface area (Å²) in [7, 11) is 3.64. The molecule has 0 aliphatic rings. The van der Waals surface area contributed by atoms with E-state index in [1.54, 1.807) is 58.0 Å². The lowest BCUT2D eigenvalue weighted by Crippen LogP contribution is -2.40. The summed E-state index contributed by atoms with van der Waals surface area (Å²) in [6.45, 7) is 6.54. The topological polar surface area (TPSA) is 108 Å². The van der Waals surface area contributed by atoms with Crippen molar-refractivity contribution in [1.29, 1.82) is 0 Å². The minimum absolute atomic E-state index is 0.539. The predicted octanol–water partition coefficient (Wildman–Crippen LogP) is 3.25. The van der Waals surface area contributed by atoms with Crippen LogP contribution in [0.25, 0.3) is 0 Å². The van der Waals surface area contributed by atoms with Crippen LogP contribution in [0, 0.1) is 11.8 Å². The molecule has 1 aromatic rings. The van der Waals surface area contributed by atoms with Crippen LogP contribution < -0.4 is 0 Å². The maximum Gasteiger partial charge on any atom is 0.421 e. The summed E-state index contributed by atoms with van der Waals surface area (Å²) < 4.78 is 20.0. The van der Waals surface area contributed by atoms with Crippen molar-refractivity contribution < 1.29 is 38.1 Å². The monoisotopic (exact) mass is 449 g/mol. The van der Waals surface area contributed by atoms with Gasteiger partial charge in [-0.1, -0.05) is 43.3 Å². The fourth-order valence-corrected chi connectivity index (χ4v) is 2.78. The molecule has 0 spiro atoms. The first-order valence-electron chi connectivity index (χ1n) is 9.94. The summed E-state index contributed by atoms with van der Waals surface area (Å²) in [6.07, 6.45) is 0.504. The van der Waals surface area contributed by atoms with Gasteiger partial charge in [-0.15, -0.1) is 0 Å². The second-order valence-corrected chi connectivity index (χ2v) is 7.94. The van der Waals surface area contributed by atoms with E-state index >= 15 is 0 Å². The third kappa shape index (κ3) is 7.49. The Bertz CT molecular complexity index is 812. The normalized spacial score (nSPS) is 13.4. The average Bonchev–Trinajstić information content (AvgIpc) is 2.73. The molecule has 0 heterocycles. The number of amides is 2. The summed E-state index contributed by atoms with van der Waals surface area (Å²) in [6, 6.07) is 8.64. The van der Waals surface area contributed by atoms with Crippen molar-refractivity contribution in [2.75, 3.05) is 21.3 Å². The molecular formula is C23H31NO8. The summed E-state index contributed by atoms with van der Waals surface area (Å²) in [5.41, 5.74) is -0.331. The first-order valence-corrected chi connectivity index (χ1v) is 9.94. The van der Waals surface area contributed by atoms with E-state index in [9.17, 15) is 19.2 Å². The van der Waals surface area contributed by atoms with E-state index in [1.807, 2.05) is 0 Å². The molecule has 0 N–H and O–H groups in total. The number of benzene rings is 1. The molecule has 2 atom stereocenters. The molecule has 32 heavy (non-hydrogen) atoms. The van der Waals surface area contributed by atoms with Crippen LogP contribution in [0.4, 0.5) is 4.79 Å². The number of hydrogen-bond donors (Lipinski definition) is 0. The molecule has 9 nitrogen and oxygen atoms in total. The summed E-state index contributed by atoms with van der Waals surface area (Å²) in [5.74, 6) is -4.34. The van der Waals surface area contributed by atoms with Crippen LogP contribution in [-0.4, -0.2) is 55.8 Å². The van der Waals surface area contributed by atoms with Crippen LogP contribution in [-0.2, 0) is 33.3 Å². The van der Waals surface area contributed by atoms with Crippen LogP contribution in [0.1, 0.15) is 39.4 Å². The molecule has 176 valence electrons. The molecule has 2 amide bonds. The fourth-order valence-electron chi connectivity index (χ4n) is 2.78. The molecule has 2 unspecified atom stereocenters. The third-order valence-corrected chi connectivity index (χ3v) is 4.36. The predicted molar refractivity (Wildman–Crippen MR) is 115 cm³/mol. The fraction of sp³-hybridized carbons (Fsp3) is 0.478. The maximum atomic E-state index is 13.2. The molecular weight excluding hydrogens is 418 g/mol. The molecule has 0 aromatic heterocycles. The molecule has 0 fully saturated rings. The van der Waals surface area contributed by atoms with E-state index in [0.29, 0.717) is 5.56 Å². The number of imide groups is 1. The Labute approximate surface area is 188 Å². The number of hydrogen-bond acceptors (Lipinski definition) is 8. The van der Waals surface area contributed by atoms with Crippen molar-refractivity contribution >= 4 is 23.9 Å². The number of allylic oxidation sites excluding steroid dienone is 1. The van der Waals surface area contributed by atoms with Crippen LogP contribution in [0.2, 0.25) is 0 Å². The SMILES string of the molecule is COC(=O)C(C(=O)OC)C(C)/C=C/N(C(=O)OC(C)(C)C)C(=O)C(OC)c1ccccc1. The van der Waals surface area contributed by atoms with E-state index in [1.165, 1.54) is 13.2 Å². The van der Waals surface area contributed by atoms with Gasteiger partial charge in [0.1, 0.15) is 5.60 Å². The zero-order chi connectivity index (χ0) is 24.5. The lowest BCUT2D eigenvalue weighted by Gasteiger charge is -2.27. The van der Waals surface area contributed by atoms with Crippen LogP contribution in [0.3, 0.4) is 0 Å². The number of carbonyl (C=O) groups is 4. The van der Waals surface area contributed by atoms with Gasteiger partial charge < -0.3 is 18.9 Å². The molecule has 0 radical (unpaired) electrons. The first kappa shape index (κ1) is 26.8. The Kier molecular flexibility index (Phi) is 10.1. The Morgan fingerprint density at radius 3 is 1.91 bits per heavy atom. The molecule has 1 aromatic carbocycles. The van der Waals surface area contributed by atoms with Gasteiger partial charge in [-0.2, -0.15) is 0 Å². The number of esters is 2. The van der Waals surface area contributed by atoms with Gasteiger partial charge >= 0.3 is 18.0 Å². The van der Waals surface area contributed by atoms with Gasteiger partial charge in [-0.05, 0) is 32.3 Å². The lowest BCUT2D eigenvalue weighted by atomic mass is 9.94. The van der Waals surface area contributed by atoms with Crippen LogP contribution >= 0.6 is 0 Å². The van der Waals surface area contributed by atoms with Gasteiger partial charge in [0.15, 0.2) is 12.0 Å². The van der Waals surface area contributed by atoms with E-state index in [2.05, 4.69) is 9.47 Å². The smallest absolute Gasteiger partial charge is 0.421 e. The number of rotatable bonds is 8. The van der Waals surface area contributed by atoms with Gasteiger partial charge in [0.2, 0.25) is 0 Å². The van der Waals surface area contributed by atoms with Crippen molar-refractivity contribution in [3.05, 3.63) is 48.2 Å². The summed E-state index contributed by atoms with van der Waals surface area (Å²) in [4.78, 5) is 50.9. The number of ether oxygens (including phenoxy) is 4. The Balaban J connectivity index is 3.31. The van der Waals surface area contributed by atoms with E-state index in [-0.39, 0.29) is 0 Å². The standard InChI is InChI=1S/C23H31NO8/c1-15(17(20(26)30-6)21(27)31-7)13-14-24(22(28)32-23(2,3)4)19(25)18(29-5)16-11-9-8-10-12-16/h8-15,17-18H,1-7H3/b14-13+. The van der Waals surface area contributed by atoms with Crippen molar-refractivity contribution in [3.63, 3.8) is 0 Å². The van der Waals surface area contributed by atoms with Gasteiger partial charge in [-0.25, -0.2) is 9.69 Å². The molecule has 9 heteroatoms. The van der Waals surface area contributed by atoms with Crippen molar-refractivity contribution in [2.45, 2.75) is 39.4 Å². The largest absolute Gasteiger partial charge is 0.468 e. The Morgan fingerprint density at radius 2 is 1.47 bits per heavy atom. The maximum absolute atomic E-state index is 13.2. The van der Waals surface area contributed by atoms with Gasteiger partial charge in [0.25, 0.3) is 5.91 Å². The molecule has 0 saturated heterocycles. The third-order valence-electron chi connectivity index (χ3n) is 4.36. The Hall–Kier alpha value is -3.20.